The molecule has 0 fully saturated rings. The second-order valence-electron chi connectivity index (χ2n) is 11.1. The molecular weight excluding hydrogens is 480 g/mol. The lowest BCUT2D eigenvalue weighted by atomic mass is 10.1. The van der Waals surface area contributed by atoms with Crippen molar-refractivity contribution in [3.63, 3.8) is 0 Å². The van der Waals surface area contributed by atoms with Crippen LogP contribution in [0.3, 0.4) is 0 Å². The lowest BCUT2D eigenvalue weighted by Crippen LogP contribution is -1.76. The van der Waals surface area contributed by atoms with E-state index in [1.165, 1.54) is 44.6 Å². The third kappa shape index (κ3) is 24.9. The normalized spacial score (nSPS) is 15.1. The van der Waals surface area contributed by atoms with Gasteiger partial charge in [-0.15, -0.1) is 0 Å². The molecule has 0 N–H and O–H groups in total. The van der Waals surface area contributed by atoms with Crippen molar-refractivity contribution in [3.8, 4) is 0 Å². The maximum Gasteiger partial charge on any atom is -0.0285 e. The zero-order chi connectivity index (χ0) is 30.2. The molecule has 0 bridgehead atoms. The second kappa shape index (κ2) is 23.5. The van der Waals surface area contributed by atoms with Gasteiger partial charge in [0.15, 0.2) is 0 Å². The van der Waals surface area contributed by atoms with Gasteiger partial charge >= 0.3 is 0 Å². The van der Waals surface area contributed by atoms with Gasteiger partial charge in [0.05, 0.1) is 0 Å². The van der Waals surface area contributed by atoms with Gasteiger partial charge in [0.1, 0.15) is 0 Å². The van der Waals surface area contributed by atoms with E-state index in [4.69, 9.17) is 0 Å². The van der Waals surface area contributed by atoms with Crippen molar-refractivity contribution in [2.75, 3.05) is 0 Å². The number of allylic oxidation sites excluding steroid dienone is 26. The van der Waals surface area contributed by atoms with Crippen LogP contribution in [0.5, 0.6) is 0 Å². The maximum atomic E-state index is 2.30. The molecule has 0 radical (unpaired) electrons. The molecule has 0 saturated carbocycles. The van der Waals surface area contributed by atoms with Crippen molar-refractivity contribution in [1.29, 1.82) is 0 Å². The SMILES string of the molecule is CC(C)=CCCC(C)=CC=CC(C)=CC=CC(C)=C/C=C/C=C(C)/C=C/C=C(C)/C=C/C=C(\C)CCC=C(C)C. The van der Waals surface area contributed by atoms with Crippen LogP contribution in [0, 0.1) is 0 Å². The minimum absolute atomic E-state index is 1.12. The molecule has 0 rings (SSSR count). The van der Waals surface area contributed by atoms with Crippen molar-refractivity contribution in [3.05, 3.63) is 154 Å². The summed E-state index contributed by atoms with van der Waals surface area (Å²) >= 11 is 0. The highest BCUT2D eigenvalue weighted by Crippen LogP contribution is 2.09. The lowest BCUT2D eigenvalue weighted by molar-refractivity contribution is 0.967. The smallest absolute Gasteiger partial charge is 0.0285 e. The molecule has 0 aliphatic carbocycles. The fourth-order valence-electron chi connectivity index (χ4n) is 3.41. The van der Waals surface area contributed by atoms with Crippen LogP contribution in [0.2, 0.25) is 0 Å². The minimum Gasteiger partial charge on any atom is -0.0856 e. The minimum atomic E-state index is 1.12. The van der Waals surface area contributed by atoms with Crippen molar-refractivity contribution in [2.24, 2.45) is 0 Å². The largest absolute Gasteiger partial charge is 0.0856 e. The van der Waals surface area contributed by atoms with E-state index in [1.54, 1.807) is 0 Å². The summed E-state index contributed by atoms with van der Waals surface area (Å²) in [6, 6.07) is 0. The van der Waals surface area contributed by atoms with Crippen molar-refractivity contribution in [1.82, 2.24) is 0 Å². The first-order valence-corrected chi connectivity index (χ1v) is 14.7. The van der Waals surface area contributed by atoms with Gasteiger partial charge in [-0.2, -0.15) is 0 Å². The number of rotatable bonds is 16. The Labute approximate surface area is 248 Å². The van der Waals surface area contributed by atoms with E-state index in [0.29, 0.717) is 0 Å². The van der Waals surface area contributed by atoms with Crippen LogP contribution in [-0.2, 0) is 0 Å². The van der Waals surface area contributed by atoms with E-state index in [2.05, 4.69) is 179 Å². The lowest BCUT2D eigenvalue weighted by Gasteiger charge is -1.96. The summed E-state index contributed by atoms with van der Waals surface area (Å²) in [4.78, 5) is 0. The first-order valence-electron chi connectivity index (χ1n) is 14.7. The quantitative estimate of drug-likeness (QED) is 0.136. The summed E-state index contributed by atoms with van der Waals surface area (Å²) in [5.74, 6) is 0. The van der Waals surface area contributed by atoms with Crippen LogP contribution >= 0.6 is 0 Å². The van der Waals surface area contributed by atoms with Gasteiger partial charge in [0, 0.05) is 0 Å². The first-order chi connectivity index (χ1) is 19.0. The molecule has 40 heavy (non-hydrogen) atoms. The molecule has 0 nitrogen and oxygen atoms in total. The Morgan fingerprint density at radius 2 is 0.625 bits per heavy atom. The third-order valence-electron chi connectivity index (χ3n) is 5.93. The fourth-order valence-corrected chi connectivity index (χ4v) is 3.41. The topological polar surface area (TPSA) is 0 Å². The van der Waals surface area contributed by atoms with Crippen LogP contribution in [0.15, 0.2) is 154 Å². The summed E-state index contributed by atoms with van der Waals surface area (Å²) in [5.41, 5.74) is 10.5. The fraction of sp³-hybridized carbons (Fsp3) is 0.350. The molecule has 0 atom stereocenters. The molecule has 0 amide bonds. The van der Waals surface area contributed by atoms with E-state index in [0.717, 1.165) is 25.7 Å². The summed E-state index contributed by atoms with van der Waals surface area (Å²) in [7, 11) is 0. The van der Waals surface area contributed by atoms with Crippen molar-refractivity contribution in [2.45, 2.75) is 94.9 Å². The van der Waals surface area contributed by atoms with E-state index in [9.17, 15) is 0 Å². The average molecular weight is 537 g/mol. The molecule has 0 heteroatoms. The molecule has 0 aromatic carbocycles. The molecule has 216 valence electrons. The highest BCUT2D eigenvalue weighted by atomic mass is 13.9. The third-order valence-corrected chi connectivity index (χ3v) is 5.93. The van der Waals surface area contributed by atoms with Gasteiger partial charge in [0.25, 0.3) is 0 Å². The van der Waals surface area contributed by atoms with Crippen LogP contribution in [0.1, 0.15) is 94.9 Å². The van der Waals surface area contributed by atoms with Gasteiger partial charge in [-0.3, -0.25) is 0 Å². The molecule has 0 heterocycles. The first kappa shape index (κ1) is 36.6. The van der Waals surface area contributed by atoms with E-state index in [-0.39, 0.29) is 0 Å². The molecule has 0 aliphatic heterocycles. The van der Waals surface area contributed by atoms with E-state index < -0.39 is 0 Å². The number of hydrogen-bond acceptors (Lipinski definition) is 0. The summed E-state index contributed by atoms with van der Waals surface area (Å²) in [6.45, 7) is 21.5. The summed E-state index contributed by atoms with van der Waals surface area (Å²) < 4.78 is 0. The highest BCUT2D eigenvalue weighted by Gasteiger charge is 1.88. The van der Waals surface area contributed by atoms with Crippen molar-refractivity contribution >= 4 is 0 Å². The molecule has 0 unspecified atom stereocenters. The summed E-state index contributed by atoms with van der Waals surface area (Å²) in [6.07, 6.45) is 43.3. The van der Waals surface area contributed by atoms with Gasteiger partial charge < -0.3 is 0 Å². The van der Waals surface area contributed by atoms with E-state index >= 15 is 0 Å². The molecular formula is C40H56. The van der Waals surface area contributed by atoms with Crippen LogP contribution < -0.4 is 0 Å². The van der Waals surface area contributed by atoms with Crippen molar-refractivity contribution < 1.29 is 0 Å². The van der Waals surface area contributed by atoms with Gasteiger partial charge in [-0.25, -0.2) is 0 Å². The Morgan fingerprint density at radius 1 is 0.350 bits per heavy atom. The monoisotopic (exact) mass is 536 g/mol. The predicted molar refractivity (Wildman–Crippen MR) is 186 cm³/mol. The average Bonchev–Trinajstić information content (AvgIpc) is 2.86. The number of hydrogen-bond donors (Lipinski definition) is 0. The summed E-state index contributed by atoms with van der Waals surface area (Å²) in [5, 5.41) is 0. The van der Waals surface area contributed by atoms with Crippen LogP contribution in [-0.4, -0.2) is 0 Å². The Morgan fingerprint density at radius 3 is 0.925 bits per heavy atom. The molecule has 0 aliphatic rings. The standard InChI is InChI=1S/C40H56/c1-33(2)19-13-23-37(7)27-17-31-39(9)29-15-25-35(5)21-11-12-22-36(6)26-16-30-40(10)32-18-28-38(8)24-14-20-34(3)4/h11-12,15-22,25-32H,13-14,23-24H2,1-10H3/b12-11+,25-15+,26-16?,31-17+,32-18?,35-21+,36-22?,37-27+,38-28?,39-29+,40-30?. The van der Waals surface area contributed by atoms with Crippen LogP contribution in [0.25, 0.3) is 0 Å². The zero-order valence-corrected chi connectivity index (χ0v) is 27.2. The maximum absolute atomic E-state index is 2.30. The molecule has 0 saturated heterocycles. The van der Waals surface area contributed by atoms with Gasteiger partial charge in [0.2, 0.25) is 0 Å². The molecule has 0 aromatic heterocycles. The molecule has 0 spiro atoms. The van der Waals surface area contributed by atoms with Gasteiger partial charge in [-0.05, 0) is 94.9 Å². The second-order valence-corrected chi connectivity index (χ2v) is 11.1. The van der Waals surface area contributed by atoms with E-state index in [1.807, 2.05) is 0 Å². The molecule has 0 aromatic rings. The Balaban J connectivity index is 4.70. The predicted octanol–water partition coefficient (Wildman–Crippen LogP) is 12.9. The van der Waals surface area contributed by atoms with Gasteiger partial charge in [-0.1, -0.05) is 154 Å². The zero-order valence-electron chi connectivity index (χ0n) is 27.2. The Bertz CT molecular complexity index is 1050. The Hall–Kier alpha value is -3.38. The highest BCUT2D eigenvalue weighted by molar-refractivity contribution is 5.32. The Kier molecular flexibility index (Phi) is 21.5. The van der Waals surface area contributed by atoms with Crippen LogP contribution in [0.4, 0.5) is 0 Å².